The predicted octanol–water partition coefficient (Wildman–Crippen LogP) is 3.16. The smallest absolute Gasteiger partial charge is 0.133 e. The summed E-state index contributed by atoms with van der Waals surface area (Å²) in [4.78, 5) is 4.10. The number of nitrogens with zero attached hydrogens (tertiary/aromatic N) is 1. The molecule has 0 atom stereocenters. The first-order valence-electron chi connectivity index (χ1n) is 4.88. The molecule has 4 heteroatoms. The van der Waals surface area contributed by atoms with Gasteiger partial charge < -0.3 is 10.4 Å². The van der Waals surface area contributed by atoms with Crippen LogP contribution in [0.2, 0.25) is 0 Å². The number of hydrogen-bond acceptors (Lipinski definition) is 3. The fraction of sp³-hybridized carbons (Fsp3) is 0.0833. The van der Waals surface area contributed by atoms with Crippen LogP contribution >= 0.6 is 15.9 Å². The molecular weight excluding hydrogens is 268 g/mol. The Balaban J connectivity index is 2.02. The summed E-state index contributed by atoms with van der Waals surface area (Å²) in [5.41, 5.74) is 1.91. The molecule has 3 nitrogen and oxygen atoms in total. The number of benzene rings is 1. The highest BCUT2D eigenvalue weighted by Crippen LogP contribution is 2.21. The molecule has 1 aromatic carbocycles. The lowest BCUT2D eigenvalue weighted by Crippen LogP contribution is -2.01. The van der Waals surface area contributed by atoms with E-state index in [1.165, 1.54) is 6.20 Å². The second-order valence-electron chi connectivity index (χ2n) is 3.34. The van der Waals surface area contributed by atoms with Gasteiger partial charge in [0.15, 0.2) is 0 Å². The average molecular weight is 279 g/mol. The minimum absolute atomic E-state index is 0.185. The first kappa shape index (κ1) is 11.0. The van der Waals surface area contributed by atoms with Crippen LogP contribution in [0, 0.1) is 0 Å². The number of nitrogens with one attached hydrogen (secondary N) is 1. The van der Waals surface area contributed by atoms with Crippen LogP contribution < -0.4 is 5.32 Å². The molecule has 0 unspecified atom stereocenters. The number of aromatic nitrogens is 1. The van der Waals surface area contributed by atoms with E-state index in [4.69, 9.17) is 5.11 Å². The lowest BCUT2D eigenvalue weighted by molar-refractivity contribution is 0.472. The van der Waals surface area contributed by atoms with Gasteiger partial charge >= 0.3 is 0 Å². The SMILES string of the molecule is Oc1ccc(CNc2ccccc2Br)nc1. The number of pyridine rings is 1. The van der Waals surface area contributed by atoms with E-state index in [2.05, 4.69) is 26.2 Å². The molecule has 82 valence electrons. The maximum Gasteiger partial charge on any atom is 0.133 e. The molecule has 0 saturated heterocycles. The molecular formula is C12H11BrN2O. The summed E-state index contributed by atoms with van der Waals surface area (Å²) in [5.74, 6) is 0.185. The highest BCUT2D eigenvalue weighted by Gasteiger charge is 1.98. The molecule has 0 radical (unpaired) electrons. The van der Waals surface area contributed by atoms with Crippen molar-refractivity contribution in [3.05, 3.63) is 52.8 Å². The molecule has 0 aliphatic rings. The average Bonchev–Trinajstić information content (AvgIpc) is 2.30. The van der Waals surface area contributed by atoms with E-state index >= 15 is 0 Å². The van der Waals surface area contributed by atoms with Gasteiger partial charge in [0.25, 0.3) is 0 Å². The quantitative estimate of drug-likeness (QED) is 0.907. The van der Waals surface area contributed by atoms with Crippen molar-refractivity contribution in [1.82, 2.24) is 4.98 Å². The maximum atomic E-state index is 9.10. The Morgan fingerprint density at radius 1 is 1.19 bits per heavy atom. The molecule has 1 aromatic heterocycles. The van der Waals surface area contributed by atoms with Gasteiger partial charge in [-0.05, 0) is 40.2 Å². The van der Waals surface area contributed by atoms with E-state index in [9.17, 15) is 0 Å². The Morgan fingerprint density at radius 3 is 2.69 bits per heavy atom. The Hall–Kier alpha value is -1.55. The molecule has 1 heterocycles. The van der Waals surface area contributed by atoms with Crippen molar-refractivity contribution in [1.29, 1.82) is 0 Å². The third-order valence-electron chi connectivity index (χ3n) is 2.14. The number of aromatic hydroxyl groups is 1. The van der Waals surface area contributed by atoms with E-state index in [0.29, 0.717) is 6.54 Å². The minimum atomic E-state index is 0.185. The maximum absolute atomic E-state index is 9.10. The minimum Gasteiger partial charge on any atom is -0.506 e. The van der Waals surface area contributed by atoms with Gasteiger partial charge in [0.05, 0.1) is 18.4 Å². The third-order valence-corrected chi connectivity index (χ3v) is 2.83. The van der Waals surface area contributed by atoms with Crippen LogP contribution in [0.3, 0.4) is 0 Å². The van der Waals surface area contributed by atoms with Crippen LogP contribution in [-0.4, -0.2) is 10.1 Å². The molecule has 0 aliphatic carbocycles. The standard InChI is InChI=1S/C12H11BrN2O/c13-11-3-1-2-4-12(11)15-7-9-5-6-10(16)8-14-9/h1-6,8,15-16H,7H2. The van der Waals surface area contributed by atoms with Gasteiger partial charge in [0.1, 0.15) is 5.75 Å². The van der Waals surface area contributed by atoms with Gasteiger partial charge in [-0.3, -0.25) is 4.98 Å². The topological polar surface area (TPSA) is 45.1 Å². The Bertz CT molecular complexity index is 471. The van der Waals surface area contributed by atoms with E-state index < -0.39 is 0 Å². The number of para-hydroxylation sites is 1. The van der Waals surface area contributed by atoms with Crippen LogP contribution in [0.15, 0.2) is 47.1 Å². The van der Waals surface area contributed by atoms with E-state index in [0.717, 1.165) is 15.9 Å². The second kappa shape index (κ2) is 4.99. The van der Waals surface area contributed by atoms with Gasteiger partial charge in [-0.1, -0.05) is 12.1 Å². The highest BCUT2D eigenvalue weighted by atomic mass is 79.9. The number of halogens is 1. The molecule has 0 fully saturated rings. The normalized spacial score (nSPS) is 10.1. The Kier molecular flexibility index (Phi) is 3.41. The predicted molar refractivity (Wildman–Crippen MR) is 67.4 cm³/mol. The summed E-state index contributed by atoms with van der Waals surface area (Å²) in [6, 6.07) is 11.3. The van der Waals surface area contributed by atoms with Crippen LogP contribution in [0.5, 0.6) is 5.75 Å². The van der Waals surface area contributed by atoms with Crippen molar-refractivity contribution in [2.75, 3.05) is 5.32 Å². The number of anilines is 1. The summed E-state index contributed by atoms with van der Waals surface area (Å²) in [6.45, 7) is 0.628. The molecule has 2 rings (SSSR count). The molecule has 2 aromatic rings. The van der Waals surface area contributed by atoms with Crippen molar-refractivity contribution in [2.24, 2.45) is 0 Å². The van der Waals surface area contributed by atoms with E-state index in [1.54, 1.807) is 12.1 Å². The van der Waals surface area contributed by atoms with Gasteiger partial charge in [-0.25, -0.2) is 0 Å². The van der Waals surface area contributed by atoms with Crippen LogP contribution in [-0.2, 0) is 6.54 Å². The van der Waals surface area contributed by atoms with Crippen molar-refractivity contribution in [3.8, 4) is 5.75 Å². The van der Waals surface area contributed by atoms with Gasteiger partial charge in [0.2, 0.25) is 0 Å². The highest BCUT2D eigenvalue weighted by molar-refractivity contribution is 9.10. The number of rotatable bonds is 3. The molecule has 0 amide bonds. The fourth-order valence-electron chi connectivity index (χ4n) is 1.31. The van der Waals surface area contributed by atoms with E-state index in [1.807, 2.05) is 24.3 Å². The summed E-state index contributed by atoms with van der Waals surface area (Å²) in [6.07, 6.45) is 1.44. The van der Waals surface area contributed by atoms with Gasteiger partial charge in [0, 0.05) is 10.2 Å². The molecule has 16 heavy (non-hydrogen) atoms. The van der Waals surface area contributed by atoms with Crippen molar-refractivity contribution < 1.29 is 5.11 Å². The zero-order valence-electron chi connectivity index (χ0n) is 8.52. The van der Waals surface area contributed by atoms with E-state index in [-0.39, 0.29) is 5.75 Å². The van der Waals surface area contributed by atoms with Crippen LogP contribution in [0.25, 0.3) is 0 Å². The molecule has 2 N–H and O–H groups in total. The monoisotopic (exact) mass is 278 g/mol. The first-order valence-corrected chi connectivity index (χ1v) is 5.67. The first-order chi connectivity index (χ1) is 7.75. The van der Waals surface area contributed by atoms with Crippen molar-refractivity contribution in [2.45, 2.75) is 6.54 Å². The summed E-state index contributed by atoms with van der Waals surface area (Å²) in [7, 11) is 0. The van der Waals surface area contributed by atoms with Crippen molar-refractivity contribution in [3.63, 3.8) is 0 Å². The number of hydrogen-bond donors (Lipinski definition) is 2. The summed E-state index contributed by atoms with van der Waals surface area (Å²) in [5, 5.41) is 12.4. The molecule has 0 aliphatic heterocycles. The summed E-state index contributed by atoms with van der Waals surface area (Å²) < 4.78 is 1.02. The Morgan fingerprint density at radius 2 is 2.00 bits per heavy atom. The zero-order valence-corrected chi connectivity index (χ0v) is 10.1. The van der Waals surface area contributed by atoms with Gasteiger partial charge in [-0.15, -0.1) is 0 Å². The largest absolute Gasteiger partial charge is 0.506 e. The lowest BCUT2D eigenvalue weighted by atomic mass is 10.3. The fourth-order valence-corrected chi connectivity index (χ4v) is 1.74. The van der Waals surface area contributed by atoms with Crippen LogP contribution in [0.1, 0.15) is 5.69 Å². The van der Waals surface area contributed by atoms with Crippen LogP contribution in [0.4, 0.5) is 5.69 Å². The zero-order chi connectivity index (χ0) is 11.4. The molecule has 0 spiro atoms. The molecule has 0 bridgehead atoms. The second-order valence-corrected chi connectivity index (χ2v) is 4.20. The van der Waals surface area contributed by atoms with Gasteiger partial charge in [-0.2, -0.15) is 0 Å². The summed E-state index contributed by atoms with van der Waals surface area (Å²) >= 11 is 3.46. The van der Waals surface area contributed by atoms with Crippen molar-refractivity contribution >= 4 is 21.6 Å². The lowest BCUT2D eigenvalue weighted by Gasteiger charge is -2.07. The third kappa shape index (κ3) is 2.73. The Labute approximate surface area is 102 Å². The molecule has 0 saturated carbocycles.